The van der Waals surface area contributed by atoms with Crippen LogP contribution in [0.15, 0.2) is 85.1 Å². The molecule has 0 aromatic carbocycles. The molecule has 384 valence electrons. The number of nitrogens with two attached hydrogens (primary N) is 1. The third-order valence-corrected chi connectivity index (χ3v) is 12.5. The Labute approximate surface area is 398 Å². The number of fused-ring (bicyclic) bond motifs is 2. The van der Waals surface area contributed by atoms with Crippen LogP contribution in [0.3, 0.4) is 0 Å². The summed E-state index contributed by atoms with van der Waals surface area (Å²) in [5.41, 5.74) is 6.01. The lowest BCUT2D eigenvalue weighted by Gasteiger charge is -2.46. The zero-order valence-corrected chi connectivity index (χ0v) is 39.0. The summed E-state index contributed by atoms with van der Waals surface area (Å²) in [6.07, 6.45) is 5.17. The number of rotatable bonds is 3. The number of esters is 1. The van der Waals surface area contributed by atoms with E-state index in [-0.39, 0.29) is 57.7 Å². The van der Waals surface area contributed by atoms with Gasteiger partial charge in [0.1, 0.15) is 12.2 Å². The van der Waals surface area contributed by atoms with Crippen molar-refractivity contribution in [2.24, 2.45) is 17.6 Å². The highest BCUT2D eigenvalue weighted by Gasteiger charge is 2.52. The molecule has 68 heavy (non-hydrogen) atoms. The van der Waals surface area contributed by atoms with E-state index in [2.05, 4.69) is 0 Å². The van der Waals surface area contributed by atoms with E-state index in [4.69, 9.17) is 24.7 Å². The van der Waals surface area contributed by atoms with Gasteiger partial charge in [-0.2, -0.15) is 0 Å². The predicted molar refractivity (Wildman–Crippen MR) is 247 cm³/mol. The van der Waals surface area contributed by atoms with Crippen molar-refractivity contribution in [1.82, 2.24) is 4.90 Å². The van der Waals surface area contributed by atoms with Gasteiger partial charge in [-0.25, -0.2) is 0 Å². The van der Waals surface area contributed by atoms with E-state index < -0.39 is 141 Å². The van der Waals surface area contributed by atoms with Gasteiger partial charge in [0, 0.05) is 51.1 Å². The maximum atomic E-state index is 14.0. The highest BCUT2D eigenvalue weighted by Crippen LogP contribution is 2.39. The van der Waals surface area contributed by atoms with Gasteiger partial charge in [-0.05, 0) is 32.6 Å². The van der Waals surface area contributed by atoms with Crippen LogP contribution in [0.4, 0.5) is 0 Å². The zero-order valence-electron chi connectivity index (χ0n) is 39.0. The highest BCUT2D eigenvalue weighted by molar-refractivity contribution is 5.80. The monoisotopic (exact) mass is 965 g/mol. The van der Waals surface area contributed by atoms with Gasteiger partial charge in [-0.3, -0.25) is 9.59 Å². The first-order valence-corrected chi connectivity index (χ1v) is 23.6. The van der Waals surface area contributed by atoms with Crippen LogP contribution in [0, 0.1) is 11.8 Å². The largest absolute Gasteiger partial charge is 0.462 e. The van der Waals surface area contributed by atoms with E-state index in [1.165, 1.54) is 4.90 Å². The summed E-state index contributed by atoms with van der Waals surface area (Å²) in [5, 5.41) is 119. The maximum Gasteiger partial charge on any atom is 0.308 e. The fraction of sp³-hybridized carbons (Fsp3) is 0.673. The lowest BCUT2D eigenvalue weighted by molar-refractivity contribution is -0.305. The molecule has 1 amide bonds. The molecular weight excluding hydrogens is 889 g/mol. The fourth-order valence-electron chi connectivity index (χ4n) is 8.64. The van der Waals surface area contributed by atoms with Crippen LogP contribution in [0.5, 0.6) is 0 Å². The standard InChI is InChI=1S/C49H76N2O17/c1-30-15-13-11-9-7-5-3-4-6-8-10-12-14-16-36(67-48-46(62)45(50)41(60)29-65-48)25-42-44(47(63)51-20-19-33(53)28-51)40(59)27-49(64,68-42)26-35(55)23-39(58)37(56)18-17-32(52)22-34(54)24-43(61)66-31(2)21-38(30)57/h3-16,30-42,44-46,48,52-60,62,64H,17-29,50H2,1-2H3/b4-3+,7-5+,8-6+,11-9+,12-10+,15-13+,16-14+/t30-,31-,32?,33-,34?,35?,36?,37?,38-,39?,40-,41+,42-,44+,45-,46-,48-,49?/m0/s1. The predicted octanol–water partition coefficient (Wildman–Crippen LogP) is -0.414. The number of allylic oxidation sites excluding steroid dienone is 12. The Morgan fingerprint density at radius 1 is 0.676 bits per heavy atom. The Hall–Kier alpha value is -3.48. The molecule has 13 N–H and O–H groups in total. The highest BCUT2D eigenvalue weighted by atomic mass is 16.7. The third kappa shape index (κ3) is 19.0. The molecule has 0 aromatic heterocycles. The second-order valence-corrected chi connectivity index (χ2v) is 18.6. The van der Waals surface area contributed by atoms with Gasteiger partial charge in [-0.1, -0.05) is 92.0 Å². The Morgan fingerprint density at radius 2 is 1.29 bits per heavy atom. The number of cyclic esters (lactones) is 1. The minimum atomic E-state index is -2.28. The second kappa shape index (κ2) is 28.4. The summed E-state index contributed by atoms with van der Waals surface area (Å²) in [6, 6.07) is -1.12. The molecule has 0 aliphatic carbocycles. The van der Waals surface area contributed by atoms with E-state index >= 15 is 0 Å². The van der Waals surface area contributed by atoms with Gasteiger partial charge in [0.25, 0.3) is 0 Å². The van der Waals surface area contributed by atoms with E-state index in [1.807, 2.05) is 37.3 Å². The molecular formula is C49H76N2O17. The lowest BCUT2D eigenvalue weighted by Crippen LogP contribution is -2.59. The van der Waals surface area contributed by atoms with Crippen molar-refractivity contribution in [3.8, 4) is 0 Å². The van der Waals surface area contributed by atoms with Crippen molar-refractivity contribution in [2.45, 2.75) is 176 Å². The first kappa shape index (κ1) is 57.1. The smallest absolute Gasteiger partial charge is 0.308 e. The van der Waals surface area contributed by atoms with Gasteiger partial charge in [-0.15, -0.1) is 0 Å². The maximum absolute atomic E-state index is 14.0. The van der Waals surface area contributed by atoms with Crippen LogP contribution in [0.25, 0.3) is 0 Å². The molecule has 19 nitrogen and oxygen atoms in total. The molecule has 2 bridgehead atoms. The van der Waals surface area contributed by atoms with Crippen LogP contribution >= 0.6 is 0 Å². The van der Waals surface area contributed by atoms with Crippen molar-refractivity contribution in [3.63, 3.8) is 0 Å². The van der Waals surface area contributed by atoms with E-state index in [0.717, 1.165) is 0 Å². The molecule has 4 aliphatic heterocycles. The molecule has 0 aromatic rings. The Balaban J connectivity index is 1.58. The molecule has 0 spiro atoms. The summed E-state index contributed by atoms with van der Waals surface area (Å²) in [6.45, 7) is 3.42. The van der Waals surface area contributed by atoms with Crippen molar-refractivity contribution in [3.05, 3.63) is 85.1 Å². The van der Waals surface area contributed by atoms with Crippen molar-refractivity contribution in [1.29, 1.82) is 0 Å². The number of hydrogen-bond donors (Lipinski definition) is 12. The van der Waals surface area contributed by atoms with Crippen molar-refractivity contribution >= 4 is 11.9 Å². The summed E-state index contributed by atoms with van der Waals surface area (Å²) in [4.78, 5) is 27.9. The van der Waals surface area contributed by atoms with Crippen molar-refractivity contribution < 1.29 is 84.7 Å². The summed E-state index contributed by atoms with van der Waals surface area (Å²) in [5.74, 6) is -5.11. The minimum Gasteiger partial charge on any atom is -0.462 e. The Kier molecular flexibility index (Phi) is 23.8. The molecule has 0 radical (unpaired) electrons. The van der Waals surface area contributed by atoms with Crippen LogP contribution in [-0.4, -0.2) is 190 Å². The van der Waals surface area contributed by atoms with Gasteiger partial charge in [0.2, 0.25) is 5.91 Å². The number of ether oxygens (including phenoxy) is 4. The number of carbonyl (C=O) groups excluding carboxylic acids is 2. The molecule has 4 aliphatic rings. The number of aliphatic hydroxyl groups excluding tert-OH is 10. The fourth-order valence-corrected chi connectivity index (χ4v) is 8.64. The van der Waals surface area contributed by atoms with E-state index in [9.17, 15) is 65.8 Å². The topological polar surface area (TPSA) is 323 Å². The summed E-state index contributed by atoms with van der Waals surface area (Å²) >= 11 is 0. The Morgan fingerprint density at radius 3 is 1.91 bits per heavy atom. The normalized spacial score (nSPS) is 44.1. The van der Waals surface area contributed by atoms with Crippen LogP contribution in [-0.2, 0) is 28.5 Å². The number of carbonyl (C=O) groups is 2. The number of hydrogen-bond acceptors (Lipinski definition) is 18. The van der Waals surface area contributed by atoms with Gasteiger partial charge < -0.3 is 85.8 Å². The first-order chi connectivity index (χ1) is 32.2. The molecule has 4 rings (SSSR count). The number of aliphatic hydroxyl groups is 11. The first-order valence-electron chi connectivity index (χ1n) is 23.6. The molecule has 0 saturated carbocycles. The van der Waals surface area contributed by atoms with E-state index in [0.29, 0.717) is 6.42 Å². The number of nitrogens with zero attached hydrogens (tertiary/aromatic N) is 1. The van der Waals surface area contributed by atoms with E-state index in [1.54, 1.807) is 61.6 Å². The summed E-state index contributed by atoms with van der Waals surface area (Å²) < 4.78 is 23.3. The van der Waals surface area contributed by atoms with Crippen molar-refractivity contribution in [2.75, 3.05) is 19.7 Å². The minimum absolute atomic E-state index is 0.00990. The molecule has 19 heteroatoms. The third-order valence-electron chi connectivity index (χ3n) is 12.5. The molecule has 4 heterocycles. The van der Waals surface area contributed by atoms with Crippen LogP contribution in [0.1, 0.15) is 78.1 Å². The quantitative estimate of drug-likeness (QED) is 0.160. The molecule has 18 atom stereocenters. The molecule has 3 fully saturated rings. The number of β-amino-alcohol motifs (C(OH)–C–C–N with tert-alkyl or cyclic N) is 1. The second-order valence-electron chi connectivity index (χ2n) is 18.6. The Bertz CT molecular complexity index is 1760. The average Bonchev–Trinajstić information content (AvgIpc) is 3.70. The lowest BCUT2D eigenvalue weighted by atomic mass is 9.81. The average molecular weight is 965 g/mol. The molecule has 7 unspecified atom stereocenters. The SMILES string of the molecule is C[C@H]1C[C@H](O)[C@@H](C)/C=C/C=C/C=C/C=C/C=C/C=C/C=C/C(O[C@@H]2OC[C@@H](O)[C@H](N)[C@@H]2O)C[C@@H]2OC(O)(CC(O)CC(O)C(O)CCC(O)CC(O)CC(=O)O1)C[C@H](O)[C@H]2C(=O)N1CC[C@H](O)C1. The van der Waals surface area contributed by atoms with Crippen LogP contribution in [0.2, 0.25) is 0 Å². The molecule has 3 saturated heterocycles. The van der Waals surface area contributed by atoms with Gasteiger partial charge in [0.05, 0.1) is 92.1 Å². The number of likely N-dealkylation sites (tertiary alicyclic amines) is 1. The number of amides is 1. The van der Waals surface area contributed by atoms with Gasteiger partial charge in [0.15, 0.2) is 12.1 Å². The van der Waals surface area contributed by atoms with Gasteiger partial charge >= 0.3 is 5.97 Å². The van der Waals surface area contributed by atoms with Crippen LogP contribution < -0.4 is 5.73 Å². The zero-order chi connectivity index (χ0) is 50.0. The summed E-state index contributed by atoms with van der Waals surface area (Å²) in [7, 11) is 0.